The first-order valence-corrected chi connectivity index (χ1v) is 15.8. The molecule has 46 heavy (non-hydrogen) atoms. The Balaban J connectivity index is 1.38. The second-order valence-electron chi connectivity index (χ2n) is 11.8. The van der Waals surface area contributed by atoms with E-state index in [-0.39, 0.29) is 0 Å². The molecule has 220 valence electrons. The van der Waals surface area contributed by atoms with Crippen molar-refractivity contribution in [1.82, 2.24) is 9.13 Å². The van der Waals surface area contributed by atoms with Crippen LogP contribution in [0.1, 0.15) is 16.8 Å². The van der Waals surface area contributed by atoms with Crippen LogP contribution in [0.3, 0.4) is 0 Å². The maximum Gasteiger partial charge on any atom is 0.213 e. The summed E-state index contributed by atoms with van der Waals surface area (Å²) in [6, 6.07) is 38.3. The molecule has 0 fully saturated rings. The van der Waals surface area contributed by atoms with Crippen LogP contribution in [0, 0.1) is 0 Å². The summed E-state index contributed by atoms with van der Waals surface area (Å²) in [6.07, 6.45) is 16.2. The normalized spacial score (nSPS) is 16.0. The molecule has 3 aromatic heterocycles. The van der Waals surface area contributed by atoms with Crippen molar-refractivity contribution < 1.29 is 4.42 Å². The molecule has 1 aliphatic carbocycles. The Morgan fingerprint density at radius 2 is 1.37 bits per heavy atom. The van der Waals surface area contributed by atoms with Gasteiger partial charge in [0.1, 0.15) is 11.4 Å². The molecular formula is C42H31N3O. The molecule has 0 atom stereocenters. The number of hydrogen-bond acceptors (Lipinski definition) is 2. The van der Waals surface area contributed by atoms with Gasteiger partial charge >= 0.3 is 0 Å². The minimum absolute atomic E-state index is 0.721. The van der Waals surface area contributed by atoms with E-state index in [0.717, 1.165) is 74.6 Å². The fraction of sp³-hybridized carbons (Fsp3) is 0.0476. The Kier molecular flexibility index (Phi) is 6.07. The third kappa shape index (κ3) is 4.00. The molecule has 0 N–H and O–H groups in total. The Labute approximate surface area is 267 Å². The molecule has 0 saturated carbocycles. The molecule has 0 amide bonds. The van der Waals surface area contributed by atoms with Gasteiger partial charge < -0.3 is 9.32 Å². The molecule has 4 aromatic carbocycles. The topological polar surface area (TPSA) is 26.2 Å². The molecule has 1 aliphatic heterocycles. The fourth-order valence-electron chi connectivity index (χ4n) is 7.15. The van der Waals surface area contributed by atoms with E-state index in [9.17, 15) is 0 Å². The van der Waals surface area contributed by atoms with Crippen LogP contribution < -0.4 is 4.90 Å². The van der Waals surface area contributed by atoms with Crippen molar-refractivity contribution in [3.8, 4) is 5.69 Å². The quantitative estimate of drug-likeness (QED) is 0.204. The number of hydrogen-bond donors (Lipinski definition) is 0. The van der Waals surface area contributed by atoms with Gasteiger partial charge in [0, 0.05) is 57.6 Å². The van der Waals surface area contributed by atoms with Gasteiger partial charge in [-0.1, -0.05) is 110 Å². The number of anilines is 2. The van der Waals surface area contributed by atoms with Crippen LogP contribution in [0.4, 0.5) is 11.5 Å². The van der Waals surface area contributed by atoms with Crippen molar-refractivity contribution in [3.05, 3.63) is 169 Å². The zero-order chi connectivity index (χ0) is 30.6. The Morgan fingerprint density at radius 3 is 2.20 bits per heavy atom. The van der Waals surface area contributed by atoms with Crippen LogP contribution in [-0.2, 0) is 6.42 Å². The van der Waals surface area contributed by atoms with E-state index in [1.54, 1.807) is 0 Å². The Morgan fingerprint density at radius 1 is 0.652 bits per heavy atom. The molecule has 0 unspecified atom stereocenters. The predicted molar refractivity (Wildman–Crippen MR) is 193 cm³/mol. The first kappa shape index (κ1) is 26.4. The Hall–Kier alpha value is -6.00. The molecule has 4 heteroatoms. The zero-order valence-corrected chi connectivity index (χ0v) is 25.3. The first-order chi connectivity index (χ1) is 22.8. The van der Waals surface area contributed by atoms with E-state index in [4.69, 9.17) is 4.42 Å². The maximum absolute atomic E-state index is 6.62. The third-order valence-electron chi connectivity index (χ3n) is 9.12. The summed E-state index contributed by atoms with van der Waals surface area (Å²) in [7, 11) is 0. The van der Waals surface area contributed by atoms with Crippen molar-refractivity contribution in [2.24, 2.45) is 0 Å². The van der Waals surface area contributed by atoms with Crippen molar-refractivity contribution in [1.29, 1.82) is 0 Å². The summed E-state index contributed by atoms with van der Waals surface area (Å²) in [5, 5.41) is 3.46. The highest BCUT2D eigenvalue weighted by Gasteiger charge is 2.29. The van der Waals surface area contributed by atoms with Crippen LogP contribution in [0.2, 0.25) is 0 Å². The van der Waals surface area contributed by atoms with Crippen LogP contribution in [0.5, 0.6) is 0 Å². The first-order valence-electron chi connectivity index (χ1n) is 15.8. The van der Waals surface area contributed by atoms with Gasteiger partial charge in [-0.3, -0.25) is 9.13 Å². The summed E-state index contributed by atoms with van der Waals surface area (Å²) >= 11 is 0. The standard InChI is InChI=1S/C42H31N3O/c1-29-16-5-4-14-27-43(30-17-6-2-7-18-30)41-39(29)35-28-32(21-15-25-37(35)44(41)31-19-8-3-9-20-31)45-36-24-12-10-22-33(36)40-34-23-11-13-26-38(34)46-42(40)45/h2-24,26,28H,1,25,27H2/b14-4-,16-5-. The van der Waals surface area contributed by atoms with E-state index in [1.165, 1.54) is 16.6 Å². The maximum atomic E-state index is 6.62. The SMILES string of the molecule is C=C1/C=C\C=C/CN(c2ccccc2)c2c1c1c(n2-c2ccccc2)CC=CC(n2c3ccccc3c3c4ccccc4oc32)=C1. The van der Waals surface area contributed by atoms with E-state index >= 15 is 0 Å². The number of allylic oxidation sites excluding steroid dienone is 7. The van der Waals surface area contributed by atoms with Crippen LogP contribution >= 0.6 is 0 Å². The number of para-hydroxylation sites is 4. The third-order valence-corrected chi connectivity index (χ3v) is 9.12. The number of furan rings is 1. The van der Waals surface area contributed by atoms with Crippen molar-refractivity contribution in [2.45, 2.75) is 6.42 Å². The summed E-state index contributed by atoms with van der Waals surface area (Å²) in [6.45, 7) is 5.37. The number of fused-ring (bicyclic) bond motifs is 8. The highest BCUT2D eigenvalue weighted by Crippen LogP contribution is 2.45. The molecule has 0 saturated heterocycles. The van der Waals surface area contributed by atoms with Crippen LogP contribution in [0.25, 0.3) is 56.0 Å². The molecule has 0 radical (unpaired) electrons. The Bertz CT molecular complexity index is 2430. The number of rotatable bonds is 3. The van der Waals surface area contributed by atoms with Crippen molar-refractivity contribution in [3.63, 3.8) is 0 Å². The van der Waals surface area contributed by atoms with Crippen molar-refractivity contribution >= 4 is 61.8 Å². The van der Waals surface area contributed by atoms with Gasteiger partial charge in [-0.15, -0.1) is 0 Å². The van der Waals surface area contributed by atoms with Crippen LogP contribution in [-0.4, -0.2) is 15.7 Å². The van der Waals surface area contributed by atoms with Gasteiger partial charge in [0.15, 0.2) is 0 Å². The van der Waals surface area contributed by atoms with E-state index < -0.39 is 0 Å². The predicted octanol–water partition coefficient (Wildman–Crippen LogP) is 10.7. The minimum Gasteiger partial charge on any atom is -0.439 e. The lowest BCUT2D eigenvalue weighted by Gasteiger charge is -2.27. The van der Waals surface area contributed by atoms with E-state index in [1.807, 2.05) is 6.07 Å². The molecule has 0 spiro atoms. The van der Waals surface area contributed by atoms with Gasteiger partial charge in [0.05, 0.1) is 10.9 Å². The van der Waals surface area contributed by atoms with Gasteiger partial charge in [0.2, 0.25) is 5.71 Å². The second kappa shape index (κ2) is 10.6. The number of benzene rings is 4. The fourth-order valence-corrected chi connectivity index (χ4v) is 7.15. The lowest BCUT2D eigenvalue weighted by molar-refractivity contribution is 0.647. The molecule has 7 aromatic rings. The number of aromatic nitrogens is 2. The average molecular weight is 594 g/mol. The lowest BCUT2D eigenvalue weighted by Crippen LogP contribution is -2.21. The summed E-state index contributed by atoms with van der Waals surface area (Å²) in [4.78, 5) is 2.41. The summed E-state index contributed by atoms with van der Waals surface area (Å²) in [5.74, 6) is 1.11. The summed E-state index contributed by atoms with van der Waals surface area (Å²) < 4.78 is 11.3. The highest BCUT2D eigenvalue weighted by atomic mass is 16.3. The molecular weight excluding hydrogens is 562 g/mol. The monoisotopic (exact) mass is 593 g/mol. The van der Waals surface area contributed by atoms with Crippen LogP contribution in [0.15, 0.2) is 157 Å². The largest absolute Gasteiger partial charge is 0.439 e. The van der Waals surface area contributed by atoms with Gasteiger partial charge in [-0.05, 0) is 54.1 Å². The average Bonchev–Trinajstić information content (AvgIpc) is 3.69. The smallest absolute Gasteiger partial charge is 0.213 e. The molecule has 4 heterocycles. The zero-order valence-electron chi connectivity index (χ0n) is 25.3. The van der Waals surface area contributed by atoms with Gasteiger partial charge in [-0.2, -0.15) is 0 Å². The minimum atomic E-state index is 0.721. The van der Waals surface area contributed by atoms with E-state index in [0.29, 0.717) is 0 Å². The molecule has 0 bridgehead atoms. The van der Waals surface area contributed by atoms with Gasteiger partial charge in [0.25, 0.3) is 0 Å². The van der Waals surface area contributed by atoms with Crippen molar-refractivity contribution in [2.75, 3.05) is 11.4 Å². The second-order valence-corrected chi connectivity index (χ2v) is 11.8. The lowest BCUT2D eigenvalue weighted by atomic mass is 10.0. The van der Waals surface area contributed by atoms with Gasteiger partial charge in [-0.25, -0.2) is 0 Å². The molecule has 2 aliphatic rings. The molecule has 9 rings (SSSR count). The van der Waals surface area contributed by atoms with E-state index in [2.05, 4.69) is 166 Å². The molecule has 4 nitrogen and oxygen atoms in total. The highest BCUT2D eigenvalue weighted by molar-refractivity contribution is 6.21. The number of nitrogens with zero attached hydrogens (tertiary/aromatic N) is 3. The summed E-state index contributed by atoms with van der Waals surface area (Å²) in [5.41, 5.74) is 10.7.